The van der Waals surface area contributed by atoms with Gasteiger partial charge in [-0.25, -0.2) is 0 Å². The smallest absolute Gasteiger partial charge is 0.417 e. The molecule has 4 nitrogen and oxygen atoms in total. The Morgan fingerprint density at radius 1 is 1.11 bits per heavy atom. The van der Waals surface area contributed by atoms with Crippen molar-refractivity contribution in [2.24, 2.45) is 5.92 Å². The van der Waals surface area contributed by atoms with E-state index in [9.17, 15) is 18.0 Å². The minimum Gasteiger partial charge on any atom is -0.487 e. The quantitative estimate of drug-likeness (QED) is 0.862. The van der Waals surface area contributed by atoms with Gasteiger partial charge < -0.3 is 14.8 Å². The Balaban J connectivity index is 1.53. The van der Waals surface area contributed by atoms with Crippen molar-refractivity contribution >= 4 is 5.91 Å². The fourth-order valence-corrected chi connectivity index (χ4v) is 3.73. The summed E-state index contributed by atoms with van der Waals surface area (Å²) in [7, 11) is 0. The summed E-state index contributed by atoms with van der Waals surface area (Å²) in [6.07, 6.45) is -3.51. The lowest BCUT2D eigenvalue weighted by atomic mass is 9.96. The molecule has 2 aliphatic rings. The van der Waals surface area contributed by atoms with Gasteiger partial charge in [-0.3, -0.25) is 4.79 Å². The summed E-state index contributed by atoms with van der Waals surface area (Å²) in [4.78, 5) is 12.1. The van der Waals surface area contributed by atoms with E-state index in [4.69, 9.17) is 9.47 Å². The highest BCUT2D eigenvalue weighted by Gasteiger charge is 2.35. The molecule has 4 rings (SSSR count). The second-order valence-corrected chi connectivity index (χ2v) is 7.09. The molecule has 1 N–H and O–H groups in total. The molecule has 0 aliphatic carbocycles. The molecule has 2 aliphatic heterocycles. The predicted molar refractivity (Wildman–Crippen MR) is 96.9 cm³/mol. The third-order valence-corrected chi connectivity index (χ3v) is 5.16. The lowest BCUT2D eigenvalue weighted by Gasteiger charge is -2.17. The first-order valence-electron chi connectivity index (χ1n) is 9.24. The topological polar surface area (TPSA) is 47.6 Å². The van der Waals surface area contributed by atoms with Crippen molar-refractivity contribution in [1.29, 1.82) is 0 Å². The number of hydrogen-bond donors (Lipinski definition) is 1. The summed E-state index contributed by atoms with van der Waals surface area (Å²) in [6.45, 7) is 1.33. The number of ether oxygens (including phenoxy) is 2. The number of halogens is 3. The zero-order valence-corrected chi connectivity index (χ0v) is 15.1. The Morgan fingerprint density at radius 2 is 1.89 bits per heavy atom. The Labute approximate surface area is 160 Å². The van der Waals surface area contributed by atoms with Gasteiger partial charge in [0, 0.05) is 18.6 Å². The minimum atomic E-state index is -4.45. The van der Waals surface area contributed by atoms with Gasteiger partial charge >= 0.3 is 6.18 Å². The summed E-state index contributed by atoms with van der Waals surface area (Å²) in [6, 6.07) is 10.7. The molecule has 2 heterocycles. The molecule has 0 aromatic heterocycles. The first kappa shape index (κ1) is 18.8. The molecule has 0 saturated carbocycles. The number of nitrogens with one attached hydrogen (secondary N) is 1. The SMILES string of the molecule is O=C(NC[C@@H]1Cc2cccc(-c3ccccc3C(F)(F)F)c2O1)[C@@H]1CCOC1. The first-order chi connectivity index (χ1) is 13.4. The van der Waals surface area contributed by atoms with E-state index in [-0.39, 0.29) is 23.5 Å². The molecular weight excluding hydrogens is 371 g/mol. The van der Waals surface area contributed by atoms with E-state index in [0.29, 0.717) is 43.9 Å². The number of carbonyl (C=O) groups excluding carboxylic acids is 1. The Kier molecular flexibility index (Phi) is 5.02. The van der Waals surface area contributed by atoms with Crippen molar-refractivity contribution in [1.82, 2.24) is 5.32 Å². The number of amides is 1. The molecule has 0 bridgehead atoms. The van der Waals surface area contributed by atoms with Crippen LogP contribution in [0.3, 0.4) is 0 Å². The molecule has 2 atom stereocenters. The van der Waals surface area contributed by atoms with Crippen molar-refractivity contribution in [3.63, 3.8) is 0 Å². The van der Waals surface area contributed by atoms with E-state index in [2.05, 4.69) is 5.32 Å². The van der Waals surface area contributed by atoms with Gasteiger partial charge in [-0.15, -0.1) is 0 Å². The van der Waals surface area contributed by atoms with Crippen LogP contribution in [-0.2, 0) is 22.1 Å². The van der Waals surface area contributed by atoms with Crippen molar-refractivity contribution in [3.8, 4) is 16.9 Å². The van der Waals surface area contributed by atoms with Crippen LogP contribution < -0.4 is 10.1 Å². The lowest BCUT2D eigenvalue weighted by molar-refractivity contribution is -0.137. The van der Waals surface area contributed by atoms with Gasteiger partial charge in [0.05, 0.1) is 24.6 Å². The van der Waals surface area contributed by atoms with E-state index < -0.39 is 11.7 Å². The molecule has 1 amide bonds. The first-order valence-corrected chi connectivity index (χ1v) is 9.24. The summed E-state index contributed by atoms with van der Waals surface area (Å²) in [5.41, 5.74) is 0.672. The number of carbonyl (C=O) groups is 1. The molecular formula is C21H20F3NO3. The fourth-order valence-electron chi connectivity index (χ4n) is 3.73. The molecule has 0 unspecified atom stereocenters. The van der Waals surface area contributed by atoms with E-state index in [1.807, 2.05) is 6.07 Å². The van der Waals surface area contributed by atoms with E-state index in [0.717, 1.165) is 11.6 Å². The molecule has 0 spiro atoms. The molecule has 2 aromatic rings. The highest BCUT2D eigenvalue weighted by Crippen LogP contribution is 2.43. The van der Waals surface area contributed by atoms with Crippen LogP contribution in [0.1, 0.15) is 17.5 Å². The normalized spacial score (nSPS) is 21.2. The number of para-hydroxylation sites is 1. The fraction of sp³-hybridized carbons (Fsp3) is 0.381. The summed E-state index contributed by atoms with van der Waals surface area (Å²) in [5.74, 6) is 0.250. The number of fused-ring (bicyclic) bond motifs is 1. The van der Waals surface area contributed by atoms with Gasteiger partial charge in [0.1, 0.15) is 11.9 Å². The van der Waals surface area contributed by atoms with Crippen molar-refractivity contribution in [3.05, 3.63) is 53.6 Å². The molecule has 2 aromatic carbocycles. The van der Waals surface area contributed by atoms with Crippen LogP contribution in [0.4, 0.5) is 13.2 Å². The van der Waals surface area contributed by atoms with Crippen LogP contribution in [0.5, 0.6) is 5.75 Å². The minimum absolute atomic E-state index is 0.0697. The van der Waals surface area contributed by atoms with Crippen molar-refractivity contribution in [2.45, 2.75) is 25.1 Å². The number of benzene rings is 2. The van der Waals surface area contributed by atoms with Gasteiger partial charge in [-0.05, 0) is 23.6 Å². The Hall–Kier alpha value is -2.54. The van der Waals surface area contributed by atoms with Gasteiger partial charge in [0.25, 0.3) is 0 Å². The highest BCUT2D eigenvalue weighted by atomic mass is 19.4. The average Bonchev–Trinajstić information content (AvgIpc) is 3.34. The summed E-state index contributed by atoms with van der Waals surface area (Å²) in [5, 5.41) is 2.87. The third kappa shape index (κ3) is 3.71. The molecule has 7 heteroatoms. The average molecular weight is 391 g/mol. The van der Waals surface area contributed by atoms with Crippen LogP contribution in [-0.4, -0.2) is 31.8 Å². The van der Waals surface area contributed by atoms with Gasteiger partial charge in [0.2, 0.25) is 5.91 Å². The molecule has 148 valence electrons. The standard InChI is InChI=1S/C21H20F3NO3/c22-21(23,24)18-7-2-1-5-16(18)17-6-3-4-13-10-15(28-19(13)17)11-25-20(26)14-8-9-27-12-14/h1-7,14-15H,8-12H2,(H,25,26)/t14-,15+/m1/s1. The van der Waals surface area contributed by atoms with Crippen LogP contribution in [0.2, 0.25) is 0 Å². The summed E-state index contributed by atoms with van der Waals surface area (Å²) < 4.78 is 51.4. The second kappa shape index (κ2) is 7.47. The largest absolute Gasteiger partial charge is 0.487 e. The molecule has 1 saturated heterocycles. The van der Waals surface area contributed by atoms with E-state index in [1.54, 1.807) is 18.2 Å². The third-order valence-electron chi connectivity index (χ3n) is 5.16. The second-order valence-electron chi connectivity index (χ2n) is 7.09. The van der Waals surface area contributed by atoms with E-state index in [1.165, 1.54) is 12.1 Å². The number of rotatable bonds is 4. The number of alkyl halides is 3. The lowest BCUT2D eigenvalue weighted by Crippen LogP contribution is -2.38. The van der Waals surface area contributed by atoms with Gasteiger partial charge in [-0.1, -0.05) is 36.4 Å². The zero-order valence-electron chi connectivity index (χ0n) is 15.1. The maximum Gasteiger partial charge on any atom is 0.417 e. The maximum absolute atomic E-state index is 13.4. The maximum atomic E-state index is 13.4. The molecule has 0 radical (unpaired) electrons. The van der Waals surface area contributed by atoms with Gasteiger partial charge in [0.15, 0.2) is 0 Å². The van der Waals surface area contributed by atoms with Crippen LogP contribution in [0, 0.1) is 5.92 Å². The molecule has 28 heavy (non-hydrogen) atoms. The van der Waals surface area contributed by atoms with Crippen molar-refractivity contribution in [2.75, 3.05) is 19.8 Å². The van der Waals surface area contributed by atoms with Crippen LogP contribution in [0.25, 0.3) is 11.1 Å². The monoisotopic (exact) mass is 391 g/mol. The van der Waals surface area contributed by atoms with Crippen molar-refractivity contribution < 1.29 is 27.4 Å². The van der Waals surface area contributed by atoms with Crippen LogP contribution >= 0.6 is 0 Å². The number of hydrogen-bond acceptors (Lipinski definition) is 3. The molecule has 1 fully saturated rings. The summed E-state index contributed by atoms with van der Waals surface area (Å²) >= 11 is 0. The van der Waals surface area contributed by atoms with E-state index >= 15 is 0 Å². The van der Waals surface area contributed by atoms with Crippen LogP contribution in [0.15, 0.2) is 42.5 Å². The predicted octanol–water partition coefficient (Wildman–Crippen LogP) is 3.83. The zero-order chi connectivity index (χ0) is 19.7. The Bertz CT molecular complexity index is 875. The highest BCUT2D eigenvalue weighted by molar-refractivity contribution is 5.79. The van der Waals surface area contributed by atoms with Gasteiger partial charge in [-0.2, -0.15) is 13.2 Å². The Morgan fingerprint density at radius 3 is 2.64 bits per heavy atom.